The smallest absolute Gasteiger partial charge is 0.123 e. The molecule has 0 aliphatic carbocycles. The van der Waals surface area contributed by atoms with Gasteiger partial charge >= 0.3 is 0 Å². The molecule has 17 heavy (non-hydrogen) atoms. The minimum Gasteiger partial charge on any atom is -0.318 e. The summed E-state index contributed by atoms with van der Waals surface area (Å²) in [5.41, 5.74) is 8.86. The SMILES string of the molecule is Cc1cccc(C(C)(N)c2ccc(F)cc2)c1. The molecular formula is C15H16FN. The van der Waals surface area contributed by atoms with Crippen LogP contribution in [0.4, 0.5) is 4.39 Å². The van der Waals surface area contributed by atoms with Gasteiger partial charge in [0.1, 0.15) is 5.82 Å². The third kappa shape index (κ3) is 2.37. The molecule has 1 atom stereocenters. The molecular weight excluding hydrogens is 213 g/mol. The fraction of sp³-hybridized carbons (Fsp3) is 0.200. The van der Waals surface area contributed by atoms with Crippen LogP contribution in [-0.2, 0) is 5.54 Å². The molecule has 0 aromatic heterocycles. The van der Waals surface area contributed by atoms with Crippen LogP contribution in [0.15, 0.2) is 48.5 Å². The van der Waals surface area contributed by atoms with Crippen LogP contribution in [0.2, 0.25) is 0 Å². The van der Waals surface area contributed by atoms with Crippen LogP contribution < -0.4 is 5.73 Å². The molecule has 2 heteroatoms. The third-order valence-electron chi connectivity index (χ3n) is 3.06. The molecule has 2 rings (SSSR count). The van der Waals surface area contributed by atoms with E-state index < -0.39 is 5.54 Å². The maximum atomic E-state index is 12.9. The van der Waals surface area contributed by atoms with Gasteiger partial charge in [0, 0.05) is 0 Å². The van der Waals surface area contributed by atoms with Crippen molar-refractivity contribution in [2.75, 3.05) is 0 Å². The van der Waals surface area contributed by atoms with Gasteiger partial charge < -0.3 is 5.73 Å². The Morgan fingerprint density at radius 2 is 1.65 bits per heavy atom. The van der Waals surface area contributed by atoms with Crippen molar-refractivity contribution in [1.29, 1.82) is 0 Å². The first kappa shape index (κ1) is 11.8. The van der Waals surface area contributed by atoms with Crippen LogP contribution >= 0.6 is 0 Å². The normalized spacial score (nSPS) is 14.4. The summed E-state index contributed by atoms with van der Waals surface area (Å²) in [6.07, 6.45) is 0. The summed E-state index contributed by atoms with van der Waals surface area (Å²) < 4.78 is 12.9. The molecule has 0 bridgehead atoms. The van der Waals surface area contributed by atoms with Gasteiger partial charge in [0.2, 0.25) is 0 Å². The van der Waals surface area contributed by atoms with E-state index in [9.17, 15) is 4.39 Å². The minimum absolute atomic E-state index is 0.242. The largest absolute Gasteiger partial charge is 0.318 e. The van der Waals surface area contributed by atoms with Crippen molar-refractivity contribution >= 4 is 0 Å². The summed E-state index contributed by atoms with van der Waals surface area (Å²) in [7, 11) is 0. The fourth-order valence-electron chi connectivity index (χ4n) is 1.93. The number of aryl methyl sites for hydroxylation is 1. The molecule has 0 aliphatic heterocycles. The molecule has 0 radical (unpaired) electrons. The summed E-state index contributed by atoms with van der Waals surface area (Å²) >= 11 is 0. The molecule has 0 heterocycles. The van der Waals surface area contributed by atoms with Gasteiger partial charge in [-0.2, -0.15) is 0 Å². The average Bonchev–Trinajstić information content (AvgIpc) is 2.29. The Bertz CT molecular complexity index is 515. The number of nitrogens with two attached hydrogens (primary N) is 1. The second-order valence-electron chi connectivity index (χ2n) is 4.58. The zero-order valence-corrected chi connectivity index (χ0v) is 10.1. The first-order valence-corrected chi connectivity index (χ1v) is 5.62. The van der Waals surface area contributed by atoms with Crippen molar-refractivity contribution in [2.24, 2.45) is 5.73 Å². The van der Waals surface area contributed by atoms with Crippen LogP contribution in [-0.4, -0.2) is 0 Å². The van der Waals surface area contributed by atoms with Crippen molar-refractivity contribution in [3.63, 3.8) is 0 Å². The van der Waals surface area contributed by atoms with Crippen molar-refractivity contribution in [3.8, 4) is 0 Å². The van der Waals surface area contributed by atoms with E-state index in [0.717, 1.165) is 11.1 Å². The van der Waals surface area contributed by atoms with E-state index >= 15 is 0 Å². The number of benzene rings is 2. The molecule has 0 aliphatic rings. The van der Waals surface area contributed by atoms with E-state index in [1.165, 1.54) is 17.7 Å². The molecule has 0 saturated heterocycles. The molecule has 0 amide bonds. The maximum absolute atomic E-state index is 12.9. The molecule has 0 spiro atoms. The summed E-state index contributed by atoms with van der Waals surface area (Å²) in [5, 5.41) is 0. The van der Waals surface area contributed by atoms with Crippen molar-refractivity contribution < 1.29 is 4.39 Å². The standard InChI is InChI=1S/C15H16FN/c1-11-4-3-5-13(10-11)15(2,17)12-6-8-14(16)9-7-12/h3-10H,17H2,1-2H3. The summed E-state index contributed by atoms with van der Waals surface area (Å²) in [4.78, 5) is 0. The Hall–Kier alpha value is -1.67. The highest BCUT2D eigenvalue weighted by Gasteiger charge is 2.23. The summed E-state index contributed by atoms with van der Waals surface area (Å²) in [6.45, 7) is 3.97. The van der Waals surface area contributed by atoms with Crippen molar-refractivity contribution in [2.45, 2.75) is 19.4 Å². The molecule has 88 valence electrons. The molecule has 0 saturated carbocycles. The highest BCUT2D eigenvalue weighted by atomic mass is 19.1. The number of hydrogen-bond acceptors (Lipinski definition) is 1. The van der Waals surface area contributed by atoms with E-state index in [1.54, 1.807) is 12.1 Å². The molecule has 1 nitrogen and oxygen atoms in total. The van der Waals surface area contributed by atoms with Gasteiger partial charge in [-0.25, -0.2) is 4.39 Å². The molecule has 2 aromatic rings. The summed E-state index contributed by atoms with van der Waals surface area (Å²) in [6, 6.07) is 14.4. The number of rotatable bonds is 2. The van der Waals surface area contributed by atoms with Crippen LogP contribution in [0.1, 0.15) is 23.6 Å². The Balaban J connectivity index is 2.45. The first-order valence-electron chi connectivity index (χ1n) is 5.62. The Morgan fingerprint density at radius 3 is 2.24 bits per heavy atom. The predicted molar refractivity (Wildman–Crippen MR) is 68.2 cm³/mol. The topological polar surface area (TPSA) is 26.0 Å². The van der Waals surface area contributed by atoms with E-state index in [0.29, 0.717) is 0 Å². The molecule has 2 aromatic carbocycles. The quantitative estimate of drug-likeness (QED) is 0.839. The Kier molecular flexibility index (Phi) is 2.99. The van der Waals surface area contributed by atoms with E-state index in [-0.39, 0.29) is 5.82 Å². The minimum atomic E-state index is -0.597. The van der Waals surface area contributed by atoms with Crippen molar-refractivity contribution in [1.82, 2.24) is 0 Å². The van der Waals surface area contributed by atoms with E-state index in [2.05, 4.69) is 6.07 Å². The van der Waals surface area contributed by atoms with Gasteiger partial charge in [0.05, 0.1) is 5.54 Å². The highest BCUT2D eigenvalue weighted by Crippen LogP contribution is 2.27. The number of halogens is 1. The second-order valence-corrected chi connectivity index (χ2v) is 4.58. The predicted octanol–water partition coefficient (Wildman–Crippen LogP) is 3.36. The molecule has 2 N–H and O–H groups in total. The van der Waals surface area contributed by atoms with Gasteiger partial charge in [-0.15, -0.1) is 0 Å². The second kappa shape index (κ2) is 4.30. The van der Waals surface area contributed by atoms with Crippen LogP contribution in [0.25, 0.3) is 0 Å². The highest BCUT2D eigenvalue weighted by molar-refractivity contribution is 5.38. The average molecular weight is 229 g/mol. The number of hydrogen-bond donors (Lipinski definition) is 1. The van der Waals surface area contributed by atoms with Gasteiger partial charge in [-0.3, -0.25) is 0 Å². The zero-order chi connectivity index (χ0) is 12.5. The van der Waals surface area contributed by atoms with Gasteiger partial charge in [0.15, 0.2) is 0 Å². The Labute approximate surface area is 101 Å². The maximum Gasteiger partial charge on any atom is 0.123 e. The van der Waals surface area contributed by atoms with Gasteiger partial charge in [-0.1, -0.05) is 42.0 Å². The lowest BCUT2D eigenvalue weighted by molar-refractivity contribution is 0.593. The fourth-order valence-corrected chi connectivity index (χ4v) is 1.93. The van der Waals surface area contributed by atoms with E-state index in [1.807, 2.05) is 32.0 Å². The molecule has 1 unspecified atom stereocenters. The lowest BCUT2D eigenvalue weighted by Gasteiger charge is -2.26. The van der Waals surface area contributed by atoms with Crippen LogP contribution in [0.3, 0.4) is 0 Å². The molecule has 0 fully saturated rings. The summed E-state index contributed by atoms with van der Waals surface area (Å²) in [5.74, 6) is -0.242. The monoisotopic (exact) mass is 229 g/mol. The van der Waals surface area contributed by atoms with Gasteiger partial charge in [0.25, 0.3) is 0 Å². The third-order valence-corrected chi connectivity index (χ3v) is 3.06. The lowest BCUT2D eigenvalue weighted by atomic mass is 9.85. The van der Waals surface area contributed by atoms with Crippen LogP contribution in [0, 0.1) is 12.7 Å². The Morgan fingerprint density at radius 1 is 1.00 bits per heavy atom. The van der Waals surface area contributed by atoms with E-state index in [4.69, 9.17) is 5.73 Å². The zero-order valence-electron chi connectivity index (χ0n) is 10.1. The van der Waals surface area contributed by atoms with Crippen molar-refractivity contribution in [3.05, 3.63) is 71.0 Å². The van der Waals surface area contributed by atoms with Crippen LogP contribution in [0.5, 0.6) is 0 Å². The van der Waals surface area contributed by atoms with Gasteiger partial charge in [-0.05, 0) is 37.1 Å². The lowest BCUT2D eigenvalue weighted by Crippen LogP contribution is -2.34. The first-order chi connectivity index (χ1) is 8.00.